The van der Waals surface area contributed by atoms with Gasteiger partial charge in [-0.2, -0.15) is 0 Å². The third kappa shape index (κ3) is 8.83. The molecular weight excluding hydrogens is 264 g/mol. The van der Waals surface area contributed by atoms with E-state index in [2.05, 4.69) is 41.1 Å². The highest BCUT2D eigenvalue weighted by atomic mass is 32.2. The van der Waals surface area contributed by atoms with Gasteiger partial charge >= 0.3 is 0 Å². The zero-order valence-corrected chi connectivity index (χ0v) is 13.5. The normalized spacial score (nSPS) is 14.5. The number of sulfonamides is 1. The van der Waals surface area contributed by atoms with E-state index >= 15 is 0 Å². The highest BCUT2D eigenvalue weighted by Crippen LogP contribution is 1.99. The van der Waals surface area contributed by atoms with Crippen LogP contribution in [0, 0.1) is 5.92 Å². The number of nitrogens with one attached hydrogen (secondary N) is 3. The summed E-state index contributed by atoms with van der Waals surface area (Å²) in [6.45, 7) is 11.5. The van der Waals surface area contributed by atoms with E-state index in [-0.39, 0.29) is 5.75 Å². The van der Waals surface area contributed by atoms with Gasteiger partial charge in [0.25, 0.3) is 0 Å². The Morgan fingerprint density at radius 1 is 1.21 bits per heavy atom. The van der Waals surface area contributed by atoms with Crippen molar-refractivity contribution < 1.29 is 8.42 Å². The molecule has 0 aromatic carbocycles. The van der Waals surface area contributed by atoms with Gasteiger partial charge in [-0.3, -0.25) is 4.99 Å². The Kier molecular flexibility index (Phi) is 8.75. The molecule has 19 heavy (non-hydrogen) atoms. The first-order chi connectivity index (χ1) is 8.82. The number of hydrogen-bond donors (Lipinski definition) is 3. The topological polar surface area (TPSA) is 82.6 Å². The number of aliphatic imine (C=N–C) groups is 1. The van der Waals surface area contributed by atoms with Crippen molar-refractivity contribution in [3.05, 3.63) is 0 Å². The minimum Gasteiger partial charge on any atom is -0.357 e. The van der Waals surface area contributed by atoms with Gasteiger partial charge in [-0.25, -0.2) is 13.1 Å². The average molecular weight is 292 g/mol. The Morgan fingerprint density at radius 3 is 2.32 bits per heavy atom. The van der Waals surface area contributed by atoms with Crippen molar-refractivity contribution in [2.24, 2.45) is 10.9 Å². The number of hydrogen-bond acceptors (Lipinski definition) is 3. The molecule has 0 rings (SSSR count). The second-order valence-electron chi connectivity index (χ2n) is 4.74. The maximum absolute atomic E-state index is 11.2. The van der Waals surface area contributed by atoms with Gasteiger partial charge in [0.2, 0.25) is 10.0 Å². The fourth-order valence-electron chi connectivity index (χ4n) is 1.17. The molecule has 0 aliphatic heterocycles. The third-order valence-corrected chi connectivity index (χ3v) is 4.20. The summed E-state index contributed by atoms with van der Waals surface area (Å²) >= 11 is 0. The molecule has 0 spiro atoms. The quantitative estimate of drug-likeness (QED) is 0.346. The van der Waals surface area contributed by atoms with Crippen LogP contribution in [0.15, 0.2) is 4.99 Å². The molecule has 1 unspecified atom stereocenters. The lowest BCUT2D eigenvalue weighted by Gasteiger charge is -2.20. The summed E-state index contributed by atoms with van der Waals surface area (Å²) in [7, 11) is -3.13. The number of rotatable bonds is 8. The second kappa shape index (κ2) is 9.14. The van der Waals surface area contributed by atoms with Crippen molar-refractivity contribution in [1.82, 2.24) is 15.4 Å². The maximum Gasteiger partial charge on any atom is 0.211 e. The summed E-state index contributed by atoms with van der Waals surface area (Å²) in [4.78, 5) is 4.34. The molecule has 0 saturated carbocycles. The van der Waals surface area contributed by atoms with Crippen molar-refractivity contribution in [3.8, 4) is 0 Å². The molecule has 0 heterocycles. The summed E-state index contributed by atoms with van der Waals surface area (Å²) in [5, 5.41) is 6.43. The van der Waals surface area contributed by atoms with Crippen molar-refractivity contribution in [1.29, 1.82) is 0 Å². The first kappa shape index (κ1) is 18.2. The predicted molar refractivity (Wildman–Crippen MR) is 80.9 cm³/mol. The molecule has 0 aromatic rings. The average Bonchev–Trinajstić information content (AvgIpc) is 2.34. The molecule has 3 N–H and O–H groups in total. The lowest BCUT2D eigenvalue weighted by Crippen LogP contribution is -2.44. The van der Waals surface area contributed by atoms with E-state index in [0.717, 1.165) is 12.5 Å². The Labute approximate surface area is 117 Å². The van der Waals surface area contributed by atoms with Crippen molar-refractivity contribution in [2.75, 3.05) is 25.4 Å². The Hall–Kier alpha value is -0.820. The predicted octanol–water partition coefficient (Wildman–Crippen LogP) is 0.525. The van der Waals surface area contributed by atoms with E-state index in [0.29, 0.717) is 25.0 Å². The number of guanidine groups is 1. The van der Waals surface area contributed by atoms with E-state index in [9.17, 15) is 8.42 Å². The van der Waals surface area contributed by atoms with Gasteiger partial charge in [-0.05, 0) is 26.7 Å². The van der Waals surface area contributed by atoms with Crippen molar-refractivity contribution in [3.63, 3.8) is 0 Å². The van der Waals surface area contributed by atoms with E-state index in [4.69, 9.17) is 0 Å². The number of nitrogens with zero attached hydrogens (tertiary/aromatic N) is 1. The molecule has 114 valence electrons. The van der Waals surface area contributed by atoms with Gasteiger partial charge < -0.3 is 10.6 Å². The van der Waals surface area contributed by atoms with Crippen molar-refractivity contribution >= 4 is 16.0 Å². The lowest BCUT2D eigenvalue weighted by atomic mass is 10.1. The first-order valence-corrected chi connectivity index (χ1v) is 8.49. The Balaban J connectivity index is 4.27. The molecule has 0 radical (unpaired) electrons. The van der Waals surface area contributed by atoms with Crippen LogP contribution in [0.1, 0.15) is 34.6 Å². The van der Waals surface area contributed by atoms with E-state index in [1.165, 1.54) is 0 Å². The van der Waals surface area contributed by atoms with E-state index in [1.807, 2.05) is 6.92 Å². The molecule has 0 amide bonds. The molecule has 6 nitrogen and oxygen atoms in total. The molecule has 0 aliphatic carbocycles. The van der Waals surface area contributed by atoms with E-state index in [1.54, 1.807) is 6.92 Å². The monoisotopic (exact) mass is 292 g/mol. The van der Waals surface area contributed by atoms with Crippen LogP contribution in [0.5, 0.6) is 0 Å². The lowest BCUT2D eigenvalue weighted by molar-refractivity contribution is 0.481. The SMILES string of the molecule is CCNC(=NCCNS(=O)(=O)CC)NC(C)C(C)C. The van der Waals surface area contributed by atoms with Gasteiger partial charge in [-0.1, -0.05) is 13.8 Å². The fourth-order valence-corrected chi connectivity index (χ4v) is 1.78. The van der Waals surface area contributed by atoms with Crippen LogP contribution < -0.4 is 15.4 Å². The molecule has 1 atom stereocenters. The first-order valence-electron chi connectivity index (χ1n) is 6.84. The van der Waals surface area contributed by atoms with Crippen LogP contribution in [-0.2, 0) is 10.0 Å². The van der Waals surface area contributed by atoms with Crippen LogP contribution in [0.4, 0.5) is 0 Å². The molecule has 7 heteroatoms. The van der Waals surface area contributed by atoms with Gasteiger partial charge in [0.1, 0.15) is 0 Å². The summed E-state index contributed by atoms with van der Waals surface area (Å²) in [6, 6.07) is 0.310. The highest BCUT2D eigenvalue weighted by Gasteiger charge is 2.09. The molecular formula is C12H28N4O2S. The van der Waals surface area contributed by atoms with Gasteiger partial charge in [0.15, 0.2) is 5.96 Å². The van der Waals surface area contributed by atoms with Crippen LogP contribution >= 0.6 is 0 Å². The Morgan fingerprint density at radius 2 is 1.84 bits per heavy atom. The summed E-state index contributed by atoms with van der Waals surface area (Å²) in [6.07, 6.45) is 0. The maximum atomic E-state index is 11.2. The minimum atomic E-state index is -3.13. The Bertz CT molecular complexity index is 366. The van der Waals surface area contributed by atoms with Gasteiger partial charge in [0, 0.05) is 19.1 Å². The summed E-state index contributed by atoms with van der Waals surface area (Å²) < 4.78 is 25.0. The summed E-state index contributed by atoms with van der Waals surface area (Å²) in [5.41, 5.74) is 0. The molecule has 0 aromatic heterocycles. The largest absolute Gasteiger partial charge is 0.357 e. The van der Waals surface area contributed by atoms with Crippen molar-refractivity contribution in [2.45, 2.75) is 40.7 Å². The smallest absolute Gasteiger partial charge is 0.211 e. The van der Waals surface area contributed by atoms with Crippen LogP contribution in [0.2, 0.25) is 0 Å². The minimum absolute atomic E-state index is 0.0966. The molecule has 0 fully saturated rings. The highest BCUT2D eigenvalue weighted by molar-refractivity contribution is 7.89. The second-order valence-corrected chi connectivity index (χ2v) is 6.83. The zero-order chi connectivity index (χ0) is 14.9. The third-order valence-electron chi connectivity index (χ3n) is 2.79. The van der Waals surface area contributed by atoms with Crippen LogP contribution in [-0.4, -0.2) is 45.8 Å². The van der Waals surface area contributed by atoms with E-state index < -0.39 is 10.0 Å². The van der Waals surface area contributed by atoms with Crippen LogP contribution in [0.25, 0.3) is 0 Å². The van der Waals surface area contributed by atoms with Gasteiger partial charge in [-0.15, -0.1) is 0 Å². The standard InChI is InChI=1S/C12H28N4O2S/c1-6-13-12(16-11(5)10(3)4)14-8-9-15-19(17,18)7-2/h10-11,15H,6-9H2,1-5H3,(H2,13,14,16). The van der Waals surface area contributed by atoms with Gasteiger partial charge in [0.05, 0.1) is 12.3 Å². The molecule has 0 bridgehead atoms. The summed E-state index contributed by atoms with van der Waals surface area (Å²) in [5.74, 6) is 1.32. The molecule has 0 saturated heterocycles. The molecule has 0 aliphatic rings. The van der Waals surface area contributed by atoms with Crippen LogP contribution in [0.3, 0.4) is 0 Å². The zero-order valence-electron chi connectivity index (χ0n) is 12.7. The fraction of sp³-hybridized carbons (Fsp3) is 0.917.